The third-order valence-corrected chi connectivity index (χ3v) is 4.28. The molecule has 2 aromatic heterocycles. The fourth-order valence-corrected chi connectivity index (χ4v) is 3.00. The van der Waals surface area contributed by atoms with E-state index in [0.29, 0.717) is 28.0 Å². The highest BCUT2D eigenvalue weighted by atomic mass is 16.1. The third-order valence-electron chi connectivity index (χ3n) is 4.28. The minimum absolute atomic E-state index is 0.117. The van der Waals surface area contributed by atoms with Gasteiger partial charge >= 0.3 is 0 Å². The second-order valence-electron chi connectivity index (χ2n) is 6.13. The lowest BCUT2D eigenvalue weighted by Crippen LogP contribution is -2.24. The molecule has 0 aliphatic rings. The molecule has 26 heavy (non-hydrogen) atoms. The Balaban J connectivity index is 2.06. The van der Waals surface area contributed by atoms with Gasteiger partial charge in [0.1, 0.15) is 5.82 Å². The molecule has 0 N–H and O–H groups in total. The minimum atomic E-state index is -0.117. The van der Waals surface area contributed by atoms with Gasteiger partial charge in [0.25, 0.3) is 5.56 Å². The number of hydrogen-bond donors (Lipinski definition) is 0. The zero-order chi connectivity index (χ0) is 18.1. The van der Waals surface area contributed by atoms with Gasteiger partial charge in [-0.25, -0.2) is 4.98 Å². The Hall–Kier alpha value is -3.53. The second-order valence-corrected chi connectivity index (χ2v) is 6.13. The predicted octanol–water partition coefficient (Wildman–Crippen LogP) is 4.15. The summed E-state index contributed by atoms with van der Waals surface area (Å²) in [6, 6.07) is 20.8. The van der Waals surface area contributed by atoms with Gasteiger partial charge < -0.3 is 0 Å². The molecular formula is C22H17N3O. The highest BCUT2D eigenvalue weighted by molar-refractivity contribution is 5.82. The van der Waals surface area contributed by atoms with E-state index in [1.807, 2.05) is 67.6 Å². The summed E-state index contributed by atoms with van der Waals surface area (Å²) in [4.78, 5) is 22.4. The first kappa shape index (κ1) is 16.0. The van der Waals surface area contributed by atoms with E-state index < -0.39 is 0 Å². The smallest absolute Gasteiger partial charge is 0.266 e. The number of aryl methyl sites for hydroxylation is 1. The van der Waals surface area contributed by atoms with Gasteiger partial charge in [-0.15, -0.1) is 0 Å². The number of aromatic nitrogens is 3. The van der Waals surface area contributed by atoms with Crippen LogP contribution in [0.2, 0.25) is 0 Å². The zero-order valence-electron chi connectivity index (χ0n) is 14.4. The summed E-state index contributed by atoms with van der Waals surface area (Å²) in [5.41, 5.74) is 3.66. The van der Waals surface area contributed by atoms with E-state index >= 15 is 0 Å². The maximum atomic E-state index is 13.3. The van der Waals surface area contributed by atoms with Crippen LogP contribution in [0.5, 0.6) is 0 Å². The molecule has 0 spiro atoms. The van der Waals surface area contributed by atoms with Crippen molar-refractivity contribution in [1.29, 1.82) is 0 Å². The Morgan fingerprint density at radius 3 is 2.58 bits per heavy atom. The van der Waals surface area contributed by atoms with E-state index in [1.54, 1.807) is 16.8 Å². The molecule has 0 radical (unpaired) electrons. The topological polar surface area (TPSA) is 47.8 Å². The molecule has 4 nitrogen and oxygen atoms in total. The number of fused-ring (bicyclic) bond motifs is 1. The number of pyridine rings is 1. The Kier molecular flexibility index (Phi) is 3.93. The lowest BCUT2D eigenvalue weighted by Gasteiger charge is -2.15. The maximum absolute atomic E-state index is 13.3. The van der Waals surface area contributed by atoms with Crippen molar-refractivity contribution >= 4 is 16.5 Å². The molecule has 4 heteroatoms. The normalized spacial score (nSPS) is 10.8. The Morgan fingerprint density at radius 2 is 1.81 bits per heavy atom. The number of hydrogen-bond acceptors (Lipinski definition) is 3. The average Bonchev–Trinajstić information content (AvgIpc) is 2.68. The molecule has 0 bridgehead atoms. The number of para-hydroxylation sites is 1. The van der Waals surface area contributed by atoms with Gasteiger partial charge in [-0.1, -0.05) is 36.9 Å². The molecular weight excluding hydrogens is 322 g/mol. The van der Waals surface area contributed by atoms with Crippen LogP contribution in [-0.4, -0.2) is 14.5 Å². The molecule has 4 aromatic rings. The predicted molar refractivity (Wildman–Crippen MR) is 104 cm³/mol. The molecule has 0 atom stereocenters. The summed E-state index contributed by atoms with van der Waals surface area (Å²) in [7, 11) is 0. The van der Waals surface area contributed by atoms with Crippen molar-refractivity contribution in [2.45, 2.75) is 6.92 Å². The van der Waals surface area contributed by atoms with Gasteiger partial charge in [0.05, 0.1) is 22.3 Å². The van der Waals surface area contributed by atoms with E-state index in [2.05, 4.69) is 11.6 Å². The monoisotopic (exact) mass is 339 g/mol. The lowest BCUT2D eigenvalue weighted by atomic mass is 10.1. The summed E-state index contributed by atoms with van der Waals surface area (Å²) in [6.07, 6.45) is 1.71. The Labute approximate surface area is 151 Å². The first-order valence-electron chi connectivity index (χ1n) is 8.34. The first-order valence-corrected chi connectivity index (χ1v) is 8.34. The fourth-order valence-electron chi connectivity index (χ4n) is 3.00. The molecule has 4 rings (SSSR count). The molecule has 0 saturated carbocycles. The van der Waals surface area contributed by atoms with Crippen LogP contribution in [0.3, 0.4) is 0 Å². The summed E-state index contributed by atoms with van der Waals surface area (Å²) in [5, 5.41) is 0.576. The SMILES string of the molecule is C=C(c1ccccn1)c1nc2ccccc2c(=O)n1-c1cccc(C)c1. The van der Waals surface area contributed by atoms with Crippen LogP contribution in [0.15, 0.2) is 84.3 Å². The van der Waals surface area contributed by atoms with Gasteiger partial charge in [-0.2, -0.15) is 0 Å². The summed E-state index contributed by atoms with van der Waals surface area (Å²) in [5.74, 6) is 0.498. The van der Waals surface area contributed by atoms with Crippen LogP contribution < -0.4 is 5.56 Å². The summed E-state index contributed by atoms with van der Waals surface area (Å²) >= 11 is 0. The van der Waals surface area contributed by atoms with Gasteiger partial charge in [-0.3, -0.25) is 14.3 Å². The lowest BCUT2D eigenvalue weighted by molar-refractivity contribution is 0.931. The number of rotatable bonds is 3. The van der Waals surface area contributed by atoms with Crippen molar-refractivity contribution in [1.82, 2.24) is 14.5 Å². The van der Waals surface area contributed by atoms with E-state index in [-0.39, 0.29) is 5.56 Å². The zero-order valence-corrected chi connectivity index (χ0v) is 14.4. The van der Waals surface area contributed by atoms with Crippen molar-refractivity contribution in [3.63, 3.8) is 0 Å². The van der Waals surface area contributed by atoms with Crippen LogP contribution in [-0.2, 0) is 0 Å². The molecule has 0 fully saturated rings. The van der Waals surface area contributed by atoms with Gasteiger partial charge in [0, 0.05) is 11.8 Å². The van der Waals surface area contributed by atoms with Crippen molar-refractivity contribution in [3.8, 4) is 5.69 Å². The largest absolute Gasteiger partial charge is 0.268 e. The van der Waals surface area contributed by atoms with Crippen molar-refractivity contribution in [2.75, 3.05) is 0 Å². The fraction of sp³-hybridized carbons (Fsp3) is 0.0455. The summed E-state index contributed by atoms with van der Waals surface area (Å²) < 4.78 is 1.62. The summed E-state index contributed by atoms with van der Waals surface area (Å²) in [6.45, 7) is 6.16. The highest BCUT2D eigenvalue weighted by Crippen LogP contribution is 2.22. The quantitative estimate of drug-likeness (QED) is 0.563. The second kappa shape index (κ2) is 6.41. The molecule has 126 valence electrons. The van der Waals surface area contributed by atoms with Gasteiger partial charge in [-0.05, 0) is 48.9 Å². The Bertz CT molecular complexity index is 1180. The van der Waals surface area contributed by atoms with Crippen molar-refractivity contribution in [2.24, 2.45) is 0 Å². The molecule has 0 saturated heterocycles. The third kappa shape index (κ3) is 2.71. The molecule has 0 aliphatic heterocycles. The van der Waals surface area contributed by atoms with E-state index in [4.69, 9.17) is 4.98 Å². The van der Waals surface area contributed by atoms with Gasteiger partial charge in [0.15, 0.2) is 0 Å². The van der Waals surface area contributed by atoms with E-state index in [1.165, 1.54) is 0 Å². The Morgan fingerprint density at radius 1 is 1.00 bits per heavy atom. The number of nitrogens with zero attached hydrogens (tertiary/aromatic N) is 3. The molecule has 0 unspecified atom stereocenters. The molecule has 0 aliphatic carbocycles. The van der Waals surface area contributed by atoms with E-state index in [9.17, 15) is 4.79 Å². The van der Waals surface area contributed by atoms with Crippen LogP contribution in [0.4, 0.5) is 0 Å². The van der Waals surface area contributed by atoms with Crippen molar-refractivity contribution < 1.29 is 0 Å². The average molecular weight is 339 g/mol. The van der Waals surface area contributed by atoms with Gasteiger partial charge in [0.2, 0.25) is 0 Å². The van der Waals surface area contributed by atoms with Crippen LogP contribution in [0, 0.1) is 6.92 Å². The van der Waals surface area contributed by atoms with Crippen LogP contribution in [0.1, 0.15) is 17.1 Å². The van der Waals surface area contributed by atoms with Crippen LogP contribution in [0.25, 0.3) is 22.2 Å². The highest BCUT2D eigenvalue weighted by Gasteiger charge is 2.16. The first-order chi connectivity index (χ1) is 12.6. The van der Waals surface area contributed by atoms with Crippen LogP contribution >= 0.6 is 0 Å². The molecule has 2 aromatic carbocycles. The molecule has 0 amide bonds. The number of benzene rings is 2. The van der Waals surface area contributed by atoms with Crippen molar-refractivity contribution in [3.05, 3.63) is 107 Å². The molecule has 2 heterocycles. The minimum Gasteiger partial charge on any atom is -0.268 e. The maximum Gasteiger partial charge on any atom is 0.266 e. The van der Waals surface area contributed by atoms with E-state index in [0.717, 1.165) is 11.3 Å². The standard InChI is InChI=1S/C22H17N3O/c1-15-8-7-9-17(14-15)25-21(16(2)19-11-5-6-13-23-19)24-20-12-4-3-10-18(20)22(25)26/h3-14H,2H2,1H3.